The third-order valence-corrected chi connectivity index (χ3v) is 10.2. The van der Waals surface area contributed by atoms with Crippen LogP contribution >= 0.6 is 11.3 Å². The molecule has 3 aromatic carbocycles. The van der Waals surface area contributed by atoms with Gasteiger partial charge in [0.1, 0.15) is 28.8 Å². The molecule has 1 unspecified atom stereocenters. The Hall–Kier alpha value is -4.42. The summed E-state index contributed by atoms with van der Waals surface area (Å²) in [5.41, 5.74) is 2.34. The number of anilines is 1. The van der Waals surface area contributed by atoms with Crippen molar-refractivity contribution in [1.29, 1.82) is 0 Å². The van der Waals surface area contributed by atoms with Gasteiger partial charge in [-0.05, 0) is 60.9 Å². The number of sulfonamides is 1. The molecule has 12 heteroatoms. The minimum atomic E-state index is -3.97. The van der Waals surface area contributed by atoms with Crippen molar-refractivity contribution in [2.24, 2.45) is 0 Å². The summed E-state index contributed by atoms with van der Waals surface area (Å²) < 4.78 is 60.7. The molecule has 2 aromatic heterocycles. The number of ketones is 1. The Labute approximate surface area is 269 Å². The molecule has 1 atom stereocenters. The van der Waals surface area contributed by atoms with Crippen LogP contribution in [0.1, 0.15) is 58.0 Å². The van der Waals surface area contributed by atoms with Crippen molar-refractivity contribution in [3.05, 3.63) is 94.2 Å². The molecule has 1 aliphatic rings. The maximum atomic E-state index is 13.9. The smallest absolute Gasteiger partial charge is 0.254 e. The molecule has 1 saturated heterocycles. The van der Waals surface area contributed by atoms with Crippen LogP contribution in [0.25, 0.3) is 33.4 Å². The summed E-state index contributed by atoms with van der Waals surface area (Å²) in [5.74, 6) is -0.655. The first-order valence-corrected chi connectivity index (χ1v) is 17.6. The predicted octanol–water partition coefficient (Wildman–Crippen LogP) is 7.67. The first-order valence-electron chi connectivity index (χ1n) is 14.8. The number of likely N-dealkylation sites (tertiary alicyclic amines) is 1. The molecule has 8 nitrogen and oxygen atoms in total. The van der Waals surface area contributed by atoms with Crippen molar-refractivity contribution in [2.75, 3.05) is 30.3 Å². The highest BCUT2D eigenvalue weighted by Gasteiger charge is 2.33. The standard InChI is InChI=1S/C34H31F2N3O5S2/c1-3-29(40)31-26-19-25(22-6-4-7-23(18-22)34(41)38-15-5-8-27(38)33-37-14-17-45-33)28(39(16-13-35)46(2,42)43)20-30(26)44-32(31)21-9-11-24(36)12-10-21/h4,6-7,9-12,14,17-20,27H,3,5,8,13,15-16H2,1-2H3. The number of hydrogen-bond donors (Lipinski definition) is 0. The van der Waals surface area contributed by atoms with E-state index in [1.54, 1.807) is 48.4 Å². The van der Waals surface area contributed by atoms with E-state index in [0.717, 1.165) is 28.4 Å². The first kappa shape index (κ1) is 31.6. The van der Waals surface area contributed by atoms with Crippen molar-refractivity contribution >= 4 is 49.7 Å². The number of carbonyl (C=O) groups is 2. The number of Topliss-reactive ketones (excluding diaryl/α,β-unsaturated/α-hetero) is 1. The van der Waals surface area contributed by atoms with E-state index in [0.29, 0.717) is 34.2 Å². The van der Waals surface area contributed by atoms with Crippen LogP contribution in [0, 0.1) is 5.82 Å². The summed E-state index contributed by atoms with van der Waals surface area (Å²) in [5, 5.41) is 3.17. The summed E-state index contributed by atoms with van der Waals surface area (Å²) in [6.45, 7) is 0.886. The molecule has 1 aliphatic heterocycles. The predicted molar refractivity (Wildman–Crippen MR) is 175 cm³/mol. The molecule has 46 heavy (non-hydrogen) atoms. The van der Waals surface area contributed by atoms with Crippen molar-refractivity contribution in [3.8, 4) is 22.5 Å². The fourth-order valence-electron chi connectivity index (χ4n) is 6.02. The molecular weight excluding hydrogens is 633 g/mol. The zero-order chi connectivity index (χ0) is 32.6. The number of hydrogen-bond acceptors (Lipinski definition) is 7. The van der Waals surface area contributed by atoms with Crippen LogP contribution in [0.5, 0.6) is 0 Å². The van der Waals surface area contributed by atoms with Crippen LogP contribution < -0.4 is 4.31 Å². The fourth-order valence-corrected chi connectivity index (χ4v) is 7.71. The largest absolute Gasteiger partial charge is 0.455 e. The van der Waals surface area contributed by atoms with E-state index in [9.17, 15) is 26.8 Å². The summed E-state index contributed by atoms with van der Waals surface area (Å²) in [4.78, 5) is 33.4. The van der Waals surface area contributed by atoms with Crippen molar-refractivity contribution < 1.29 is 31.2 Å². The number of aromatic nitrogens is 1. The average molecular weight is 664 g/mol. The number of amides is 1. The Morgan fingerprint density at radius 2 is 1.89 bits per heavy atom. The quantitative estimate of drug-likeness (QED) is 0.142. The zero-order valence-electron chi connectivity index (χ0n) is 25.2. The Kier molecular flexibility index (Phi) is 8.75. The molecule has 0 N–H and O–H groups in total. The van der Waals surface area contributed by atoms with Crippen molar-refractivity contribution in [3.63, 3.8) is 0 Å². The molecule has 0 radical (unpaired) electrons. The van der Waals surface area contributed by atoms with Gasteiger partial charge in [0, 0.05) is 52.7 Å². The SMILES string of the molecule is CCC(=O)c1c(-c2ccc(F)cc2)oc2cc(N(CCF)S(C)(=O)=O)c(-c3cccc(C(=O)N4CCCC4c4nccs4)c3)cc12. The number of thiazole rings is 1. The van der Waals surface area contributed by atoms with Gasteiger partial charge >= 0.3 is 0 Å². The zero-order valence-corrected chi connectivity index (χ0v) is 26.8. The number of alkyl halides is 1. The van der Waals surface area contributed by atoms with E-state index in [2.05, 4.69) is 4.98 Å². The Balaban J connectivity index is 1.54. The molecule has 0 saturated carbocycles. The van der Waals surface area contributed by atoms with Gasteiger partial charge in [0.2, 0.25) is 10.0 Å². The van der Waals surface area contributed by atoms with Crippen molar-refractivity contribution in [2.45, 2.75) is 32.2 Å². The molecule has 6 rings (SSSR count). The van der Waals surface area contributed by atoms with Gasteiger partial charge in [-0.2, -0.15) is 0 Å². The van der Waals surface area contributed by atoms with E-state index < -0.39 is 29.1 Å². The number of carbonyl (C=O) groups excluding carboxylic acids is 2. The molecule has 0 spiro atoms. The maximum absolute atomic E-state index is 13.9. The second-order valence-corrected chi connectivity index (χ2v) is 13.9. The van der Waals surface area contributed by atoms with Gasteiger partial charge in [-0.1, -0.05) is 19.1 Å². The van der Waals surface area contributed by atoms with E-state index in [1.807, 2.05) is 5.38 Å². The Morgan fingerprint density at radius 1 is 1.11 bits per heavy atom. The maximum Gasteiger partial charge on any atom is 0.254 e. The lowest BCUT2D eigenvalue weighted by molar-refractivity contribution is 0.0735. The van der Waals surface area contributed by atoms with Gasteiger partial charge in [0.05, 0.1) is 30.1 Å². The highest BCUT2D eigenvalue weighted by Crippen LogP contribution is 2.42. The third kappa shape index (κ3) is 5.94. The second-order valence-electron chi connectivity index (χ2n) is 11.1. The van der Waals surface area contributed by atoms with Crippen LogP contribution in [0.15, 0.2) is 76.7 Å². The molecule has 5 aromatic rings. The second kappa shape index (κ2) is 12.8. The Bertz CT molecular complexity index is 2030. The van der Waals surface area contributed by atoms with Gasteiger partial charge in [-0.3, -0.25) is 13.9 Å². The summed E-state index contributed by atoms with van der Waals surface area (Å²) in [7, 11) is -3.97. The summed E-state index contributed by atoms with van der Waals surface area (Å²) >= 11 is 1.50. The van der Waals surface area contributed by atoms with Gasteiger partial charge in [0.25, 0.3) is 5.91 Å². The molecule has 1 amide bonds. The molecule has 0 aliphatic carbocycles. The normalized spacial score (nSPS) is 15.0. The summed E-state index contributed by atoms with van der Waals surface area (Å²) in [6.07, 6.45) is 4.50. The minimum absolute atomic E-state index is 0.133. The molecule has 3 heterocycles. The van der Waals surface area contributed by atoms with Crippen molar-refractivity contribution in [1.82, 2.24) is 9.88 Å². The lowest BCUT2D eigenvalue weighted by atomic mass is 9.95. The number of nitrogens with zero attached hydrogens (tertiary/aromatic N) is 3. The van der Waals surface area contributed by atoms with Crippen LogP contribution in [-0.4, -0.2) is 56.0 Å². The topological polar surface area (TPSA) is 101 Å². The first-order chi connectivity index (χ1) is 22.1. The van der Waals surface area contributed by atoms with Gasteiger partial charge < -0.3 is 9.32 Å². The van der Waals surface area contributed by atoms with Crippen LogP contribution in [-0.2, 0) is 10.0 Å². The van der Waals surface area contributed by atoms with Gasteiger partial charge in [-0.15, -0.1) is 11.3 Å². The Morgan fingerprint density at radius 3 is 2.57 bits per heavy atom. The molecule has 0 bridgehead atoms. The number of rotatable bonds is 10. The average Bonchev–Trinajstić information content (AvgIpc) is 3.82. The molecule has 1 fully saturated rings. The number of benzene rings is 3. The van der Waals surface area contributed by atoms with E-state index in [-0.39, 0.29) is 46.7 Å². The van der Waals surface area contributed by atoms with E-state index in [4.69, 9.17) is 4.42 Å². The third-order valence-electron chi connectivity index (χ3n) is 8.14. The highest BCUT2D eigenvalue weighted by atomic mass is 32.2. The molecular formula is C34H31F2N3O5S2. The fraction of sp³-hybridized carbons (Fsp3) is 0.265. The van der Waals surface area contributed by atoms with E-state index in [1.165, 1.54) is 41.7 Å². The van der Waals surface area contributed by atoms with Gasteiger partial charge in [0.15, 0.2) is 5.78 Å². The number of halogens is 2. The lowest BCUT2D eigenvalue weighted by Crippen LogP contribution is -2.32. The van der Waals surface area contributed by atoms with E-state index >= 15 is 0 Å². The lowest BCUT2D eigenvalue weighted by Gasteiger charge is -2.25. The van der Waals surface area contributed by atoms with Gasteiger partial charge in [-0.25, -0.2) is 22.2 Å². The van der Waals surface area contributed by atoms with Crippen LogP contribution in [0.4, 0.5) is 14.5 Å². The minimum Gasteiger partial charge on any atom is -0.455 e. The van der Waals surface area contributed by atoms with Crippen LogP contribution in [0.2, 0.25) is 0 Å². The summed E-state index contributed by atoms with van der Waals surface area (Å²) in [6, 6.07) is 15.3. The number of furan rings is 1. The highest BCUT2D eigenvalue weighted by molar-refractivity contribution is 7.92. The number of fused-ring (bicyclic) bond motifs is 1. The monoisotopic (exact) mass is 663 g/mol. The molecule has 238 valence electrons. The van der Waals surface area contributed by atoms with Crippen LogP contribution in [0.3, 0.4) is 0 Å².